The SMILES string of the molecule is c1cc2c(cc1C1CCCCC1)c(C1CCCCC1)cn2C1CCCCC1. The topological polar surface area (TPSA) is 4.93 Å². The zero-order valence-corrected chi connectivity index (χ0v) is 17.1. The molecule has 0 spiro atoms. The molecule has 0 bridgehead atoms. The minimum absolute atomic E-state index is 0.749. The molecule has 1 nitrogen and oxygen atoms in total. The van der Waals surface area contributed by atoms with Crippen molar-refractivity contribution in [2.24, 2.45) is 0 Å². The Balaban J connectivity index is 1.56. The number of benzene rings is 1. The van der Waals surface area contributed by atoms with Gasteiger partial charge in [0, 0.05) is 23.1 Å². The van der Waals surface area contributed by atoms with Gasteiger partial charge in [0.2, 0.25) is 0 Å². The average molecular weight is 364 g/mol. The summed E-state index contributed by atoms with van der Waals surface area (Å²) in [7, 11) is 0. The van der Waals surface area contributed by atoms with Gasteiger partial charge in [-0.1, -0.05) is 63.9 Å². The predicted molar refractivity (Wildman–Crippen MR) is 116 cm³/mol. The van der Waals surface area contributed by atoms with E-state index in [4.69, 9.17) is 0 Å². The second-order valence-electron chi connectivity index (χ2n) is 9.73. The third-order valence-corrected chi connectivity index (χ3v) is 7.98. The Morgan fingerprint density at radius 2 is 1.22 bits per heavy atom. The first kappa shape index (κ1) is 17.8. The molecule has 3 aliphatic rings. The normalized spacial score (nSPS) is 23.9. The van der Waals surface area contributed by atoms with Gasteiger partial charge in [-0.25, -0.2) is 0 Å². The molecular weight excluding hydrogens is 326 g/mol. The van der Waals surface area contributed by atoms with Crippen LogP contribution in [0.1, 0.15) is 125 Å². The van der Waals surface area contributed by atoms with E-state index in [2.05, 4.69) is 29.0 Å². The maximum absolute atomic E-state index is 2.71. The minimum atomic E-state index is 0.749. The first-order valence-corrected chi connectivity index (χ1v) is 12.0. The van der Waals surface area contributed by atoms with Gasteiger partial charge in [-0.3, -0.25) is 0 Å². The van der Waals surface area contributed by atoms with Gasteiger partial charge in [0.15, 0.2) is 0 Å². The number of rotatable bonds is 3. The Labute approximate surface area is 165 Å². The number of hydrogen-bond acceptors (Lipinski definition) is 0. The Bertz CT molecular complexity index is 752. The Morgan fingerprint density at radius 1 is 0.630 bits per heavy atom. The van der Waals surface area contributed by atoms with Crippen LogP contribution in [0.4, 0.5) is 0 Å². The third kappa shape index (κ3) is 3.59. The maximum Gasteiger partial charge on any atom is 0.0486 e. The highest BCUT2D eigenvalue weighted by Crippen LogP contribution is 2.42. The van der Waals surface area contributed by atoms with Gasteiger partial charge in [-0.2, -0.15) is 0 Å². The van der Waals surface area contributed by atoms with E-state index < -0.39 is 0 Å². The molecule has 1 aromatic heterocycles. The van der Waals surface area contributed by atoms with Crippen LogP contribution < -0.4 is 0 Å². The molecule has 0 amide bonds. The predicted octanol–water partition coefficient (Wildman–Crippen LogP) is 8.24. The van der Waals surface area contributed by atoms with E-state index in [9.17, 15) is 0 Å². The van der Waals surface area contributed by atoms with E-state index in [1.807, 2.05) is 0 Å². The maximum atomic E-state index is 2.71. The fourth-order valence-corrected chi connectivity index (χ4v) is 6.39. The van der Waals surface area contributed by atoms with Crippen LogP contribution in [-0.4, -0.2) is 4.57 Å². The third-order valence-electron chi connectivity index (χ3n) is 7.98. The zero-order valence-electron chi connectivity index (χ0n) is 17.1. The molecule has 3 aliphatic carbocycles. The standard InChI is InChI=1S/C26H37N/c1-4-10-20(11-5-1)22-16-17-26-24(18-22)25(21-12-6-2-7-13-21)19-27(26)23-14-8-3-9-15-23/h16-21,23H,1-15H2. The molecule has 1 aromatic carbocycles. The molecular formula is C26H37N. The monoisotopic (exact) mass is 363 g/mol. The fourth-order valence-electron chi connectivity index (χ4n) is 6.39. The quantitative estimate of drug-likeness (QED) is 0.517. The average Bonchev–Trinajstić information content (AvgIpc) is 3.14. The summed E-state index contributed by atoms with van der Waals surface area (Å²) >= 11 is 0. The van der Waals surface area contributed by atoms with Crippen LogP contribution >= 0.6 is 0 Å². The molecule has 146 valence electrons. The minimum Gasteiger partial charge on any atom is -0.344 e. The van der Waals surface area contributed by atoms with E-state index in [1.54, 1.807) is 22.0 Å². The van der Waals surface area contributed by atoms with Crippen molar-refractivity contribution in [2.45, 2.75) is 114 Å². The van der Waals surface area contributed by atoms with Crippen LogP contribution in [-0.2, 0) is 0 Å². The van der Waals surface area contributed by atoms with Crippen molar-refractivity contribution in [3.05, 3.63) is 35.5 Å². The summed E-state index contributed by atoms with van der Waals surface area (Å²) in [6, 6.07) is 8.37. The number of hydrogen-bond donors (Lipinski definition) is 0. The molecule has 0 N–H and O–H groups in total. The summed E-state index contributed by atoms with van der Waals surface area (Å²) in [6.45, 7) is 0. The lowest BCUT2D eigenvalue weighted by atomic mass is 9.81. The molecule has 3 saturated carbocycles. The molecule has 1 heterocycles. The highest BCUT2D eigenvalue weighted by atomic mass is 15.0. The molecule has 0 radical (unpaired) electrons. The molecule has 5 rings (SSSR count). The van der Waals surface area contributed by atoms with Crippen molar-refractivity contribution in [3.8, 4) is 0 Å². The first-order valence-electron chi connectivity index (χ1n) is 12.0. The fraction of sp³-hybridized carbons (Fsp3) is 0.692. The van der Waals surface area contributed by atoms with Crippen LogP contribution in [0.5, 0.6) is 0 Å². The van der Waals surface area contributed by atoms with Gasteiger partial charge in [0.25, 0.3) is 0 Å². The number of aromatic nitrogens is 1. The number of fused-ring (bicyclic) bond motifs is 1. The van der Waals surface area contributed by atoms with Gasteiger partial charge in [-0.15, -0.1) is 0 Å². The highest BCUT2D eigenvalue weighted by Gasteiger charge is 2.25. The lowest BCUT2D eigenvalue weighted by Gasteiger charge is -2.25. The molecule has 0 aliphatic heterocycles. The Hall–Kier alpha value is -1.24. The van der Waals surface area contributed by atoms with Crippen LogP contribution in [0, 0.1) is 0 Å². The summed E-state index contributed by atoms with van der Waals surface area (Å²) in [5.41, 5.74) is 4.88. The van der Waals surface area contributed by atoms with E-state index in [-0.39, 0.29) is 0 Å². The van der Waals surface area contributed by atoms with Crippen LogP contribution in [0.15, 0.2) is 24.4 Å². The van der Waals surface area contributed by atoms with E-state index >= 15 is 0 Å². The van der Waals surface area contributed by atoms with Crippen molar-refractivity contribution in [2.75, 3.05) is 0 Å². The summed E-state index contributed by atoms with van der Waals surface area (Å²) in [6.07, 6.45) is 23.9. The van der Waals surface area contributed by atoms with Gasteiger partial charge >= 0.3 is 0 Å². The largest absolute Gasteiger partial charge is 0.344 e. The Morgan fingerprint density at radius 3 is 1.89 bits per heavy atom. The highest BCUT2D eigenvalue weighted by molar-refractivity contribution is 5.85. The first-order chi connectivity index (χ1) is 13.4. The van der Waals surface area contributed by atoms with Crippen molar-refractivity contribution >= 4 is 10.9 Å². The van der Waals surface area contributed by atoms with Crippen molar-refractivity contribution in [3.63, 3.8) is 0 Å². The molecule has 0 atom stereocenters. The van der Waals surface area contributed by atoms with Gasteiger partial charge in [-0.05, 0) is 73.6 Å². The summed E-state index contributed by atoms with van der Waals surface area (Å²) in [4.78, 5) is 0. The van der Waals surface area contributed by atoms with Crippen molar-refractivity contribution in [1.82, 2.24) is 4.57 Å². The van der Waals surface area contributed by atoms with E-state index in [0.717, 1.165) is 17.9 Å². The van der Waals surface area contributed by atoms with Crippen molar-refractivity contribution in [1.29, 1.82) is 0 Å². The molecule has 0 saturated heterocycles. The van der Waals surface area contributed by atoms with Crippen LogP contribution in [0.3, 0.4) is 0 Å². The molecule has 2 aromatic rings. The van der Waals surface area contributed by atoms with E-state index in [1.165, 1.54) is 96.3 Å². The Kier molecular flexibility index (Phi) is 5.29. The van der Waals surface area contributed by atoms with E-state index in [0.29, 0.717) is 0 Å². The second kappa shape index (κ2) is 8.02. The lowest BCUT2D eigenvalue weighted by molar-refractivity contribution is 0.359. The number of nitrogens with zero attached hydrogens (tertiary/aromatic N) is 1. The van der Waals surface area contributed by atoms with Crippen molar-refractivity contribution < 1.29 is 0 Å². The van der Waals surface area contributed by atoms with Gasteiger partial charge in [0.05, 0.1) is 0 Å². The summed E-state index contributed by atoms with van der Waals surface area (Å²) in [5, 5.41) is 1.62. The van der Waals surface area contributed by atoms with Crippen LogP contribution in [0.2, 0.25) is 0 Å². The van der Waals surface area contributed by atoms with Gasteiger partial charge < -0.3 is 4.57 Å². The smallest absolute Gasteiger partial charge is 0.0486 e. The second-order valence-corrected chi connectivity index (χ2v) is 9.73. The summed E-state index contributed by atoms with van der Waals surface area (Å²) < 4.78 is 2.71. The molecule has 27 heavy (non-hydrogen) atoms. The lowest BCUT2D eigenvalue weighted by Crippen LogP contribution is -2.12. The van der Waals surface area contributed by atoms with Gasteiger partial charge in [0.1, 0.15) is 0 Å². The molecule has 0 unspecified atom stereocenters. The molecule has 1 heteroatoms. The van der Waals surface area contributed by atoms with Crippen LogP contribution in [0.25, 0.3) is 10.9 Å². The summed E-state index contributed by atoms with van der Waals surface area (Å²) in [5.74, 6) is 1.63. The zero-order chi connectivity index (χ0) is 18.1. The molecule has 3 fully saturated rings.